The van der Waals surface area contributed by atoms with Crippen LogP contribution in [0.4, 0.5) is 4.79 Å². The van der Waals surface area contributed by atoms with Gasteiger partial charge in [0.1, 0.15) is 0 Å². The first-order valence-electron chi connectivity index (χ1n) is 10.1. The van der Waals surface area contributed by atoms with Crippen LogP contribution >= 0.6 is 0 Å². The summed E-state index contributed by atoms with van der Waals surface area (Å²) >= 11 is 0. The number of hydrogen-bond donors (Lipinski definition) is 3. The van der Waals surface area contributed by atoms with Crippen molar-refractivity contribution in [1.29, 1.82) is 0 Å². The van der Waals surface area contributed by atoms with E-state index in [1.165, 1.54) is 19.3 Å². The highest BCUT2D eigenvalue weighted by molar-refractivity contribution is 5.76. The molecule has 1 aliphatic carbocycles. The van der Waals surface area contributed by atoms with E-state index in [0.717, 1.165) is 24.1 Å². The van der Waals surface area contributed by atoms with Crippen molar-refractivity contribution in [2.75, 3.05) is 6.54 Å². The summed E-state index contributed by atoms with van der Waals surface area (Å²) in [5.41, 5.74) is 2.02. The van der Waals surface area contributed by atoms with Crippen molar-refractivity contribution < 1.29 is 9.59 Å². The minimum Gasteiger partial charge on any atom is -0.352 e. The molecule has 0 spiro atoms. The second-order valence-corrected chi connectivity index (χ2v) is 7.23. The molecular weight excluding hydrogens is 354 g/mol. The Kier molecular flexibility index (Phi) is 7.46. The monoisotopic (exact) mass is 383 g/mol. The maximum absolute atomic E-state index is 12.0. The summed E-state index contributed by atoms with van der Waals surface area (Å²) in [5, 5.41) is 13.0. The van der Waals surface area contributed by atoms with Crippen molar-refractivity contribution >= 4 is 11.9 Å². The molecule has 1 fully saturated rings. The average Bonchev–Trinajstić information content (AvgIpc) is 3.26. The van der Waals surface area contributed by atoms with Gasteiger partial charge in [-0.05, 0) is 43.0 Å². The van der Waals surface area contributed by atoms with Gasteiger partial charge in [-0.2, -0.15) is 5.10 Å². The fraction of sp³-hybridized carbons (Fsp3) is 0.476. The van der Waals surface area contributed by atoms with Crippen molar-refractivity contribution in [1.82, 2.24) is 25.7 Å². The number of carbonyl (C=O) groups is 2. The van der Waals surface area contributed by atoms with Gasteiger partial charge in [-0.1, -0.05) is 31.4 Å². The molecule has 3 rings (SSSR count). The summed E-state index contributed by atoms with van der Waals surface area (Å²) in [6.45, 7) is 0.998. The van der Waals surface area contributed by atoms with Crippen LogP contribution in [-0.4, -0.2) is 34.3 Å². The summed E-state index contributed by atoms with van der Waals surface area (Å²) < 4.78 is 1.79. The SMILES string of the molecule is O=C(CCCNC(=O)NC1CCCCC1)NCc1ccc(-n2cccn2)cc1. The van der Waals surface area contributed by atoms with E-state index in [0.29, 0.717) is 32.0 Å². The molecule has 28 heavy (non-hydrogen) atoms. The van der Waals surface area contributed by atoms with E-state index in [4.69, 9.17) is 0 Å². The summed E-state index contributed by atoms with van der Waals surface area (Å²) in [4.78, 5) is 23.8. The van der Waals surface area contributed by atoms with Crippen LogP contribution in [0.3, 0.4) is 0 Å². The van der Waals surface area contributed by atoms with Crippen LogP contribution in [0, 0.1) is 0 Å². The van der Waals surface area contributed by atoms with Gasteiger partial charge in [0, 0.05) is 37.9 Å². The van der Waals surface area contributed by atoms with Crippen LogP contribution in [0.5, 0.6) is 0 Å². The predicted octanol–water partition coefficient (Wildman–Crippen LogP) is 2.90. The number of carbonyl (C=O) groups excluding carboxylic acids is 2. The quantitative estimate of drug-likeness (QED) is 0.613. The van der Waals surface area contributed by atoms with E-state index < -0.39 is 0 Å². The third kappa shape index (κ3) is 6.40. The molecule has 2 aromatic rings. The number of nitrogens with zero attached hydrogens (tertiary/aromatic N) is 2. The molecule has 1 heterocycles. The van der Waals surface area contributed by atoms with Gasteiger partial charge in [-0.15, -0.1) is 0 Å². The Labute approximate surface area is 165 Å². The maximum atomic E-state index is 12.0. The summed E-state index contributed by atoms with van der Waals surface area (Å²) in [6.07, 6.45) is 10.4. The van der Waals surface area contributed by atoms with Crippen LogP contribution < -0.4 is 16.0 Å². The number of nitrogens with one attached hydrogen (secondary N) is 3. The Morgan fingerprint density at radius 1 is 1.07 bits per heavy atom. The largest absolute Gasteiger partial charge is 0.352 e. The standard InChI is InChI=1S/C21H29N5O2/c27-20(8-4-13-22-21(28)25-18-6-2-1-3-7-18)23-16-17-9-11-19(12-10-17)26-15-5-14-24-26/h5,9-12,14-15,18H,1-4,6-8,13,16H2,(H,23,27)(H2,22,25,28). The molecule has 0 aliphatic heterocycles. The van der Waals surface area contributed by atoms with E-state index in [2.05, 4.69) is 21.0 Å². The topological polar surface area (TPSA) is 88.0 Å². The first kappa shape index (κ1) is 19.9. The summed E-state index contributed by atoms with van der Waals surface area (Å²) in [5.74, 6) is -0.00867. The lowest BCUT2D eigenvalue weighted by atomic mass is 9.96. The van der Waals surface area contributed by atoms with E-state index in [-0.39, 0.29) is 11.9 Å². The second kappa shape index (κ2) is 10.5. The first-order valence-corrected chi connectivity index (χ1v) is 10.1. The molecule has 3 N–H and O–H groups in total. The third-order valence-corrected chi connectivity index (χ3v) is 5.00. The molecule has 1 saturated carbocycles. The second-order valence-electron chi connectivity index (χ2n) is 7.23. The molecule has 0 unspecified atom stereocenters. The van der Waals surface area contributed by atoms with E-state index in [9.17, 15) is 9.59 Å². The maximum Gasteiger partial charge on any atom is 0.315 e. The van der Waals surface area contributed by atoms with Crippen molar-refractivity contribution in [2.45, 2.75) is 57.5 Å². The highest BCUT2D eigenvalue weighted by atomic mass is 16.2. The van der Waals surface area contributed by atoms with Crippen molar-refractivity contribution in [3.8, 4) is 5.69 Å². The van der Waals surface area contributed by atoms with Crippen LogP contribution in [0.15, 0.2) is 42.7 Å². The molecule has 0 bridgehead atoms. The van der Waals surface area contributed by atoms with Crippen molar-refractivity contribution in [3.05, 3.63) is 48.3 Å². The van der Waals surface area contributed by atoms with Crippen LogP contribution in [0.1, 0.15) is 50.5 Å². The lowest BCUT2D eigenvalue weighted by molar-refractivity contribution is -0.121. The lowest BCUT2D eigenvalue weighted by Crippen LogP contribution is -2.43. The molecule has 0 saturated heterocycles. The zero-order valence-corrected chi connectivity index (χ0v) is 16.2. The smallest absolute Gasteiger partial charge is 0.315 e. The predicted molar refractivity (Wildman–Crippen MR) is 108 cm³/mol. The zero-order chi connectivity index (χ0) is 19.6. The van der Waals surface area contributed by atoms with E-state index >= 15 is 0 Å². The normalized spacial score (nSPS) is 14.4. The summed E-state index contributed by atoms with van der Waals surface area (Å²) in [7, 11) is 0. The number of rotatable bonds is 8. The molecule has 150 valence electrons. The number of amides is 3. The zero-order valence-electron chi connectivity index (χ0n) is 16.2. The average molecular weight is 383 g/mol. The highest BCUT2D eigenvalue weighted by Crippen LogP contribution is 2.17. The Hall–Kier alpha value is -2.83. The molecule has 7 heteroatoms. The Morgan fingerprint density at radius 2 is 1.86 bits per heavy atom. The van der Waals surface area contributed by atoms with Gasteiger partial charge < -0.3 is 16.0 Å². The van der Waals surface area contributed by atoms with Gasteiger partial charge in [-0.25, -0.2) is 9.48 Å². The summed E-state index contributed by atoms with van der Waals surface area (Å²) in [6, 6.07) is 9.97. The molecule has 7 nitrogen and oxygen atoms in total. The van der Waals surface area contributed by atoms with Gasteiger partial charge in [0.25, 0.3) is 0 Å². The van der Waals surface area contributed by atoms with Gasteiger partial charge in [0.05, 0.1) is 5.69 Å². The molecule has 1 aliphatic rings. The molecule has 0 radical (unpaired) electrons. The third-order valence-electron chi connectivity index (χ3n) is 5.00. The Balaban J connectivity index is 1.27. The van der Waals surface area contributed by atoms with Crippen LogP contribution in [0.2, 0.25) is 0 Å². The fourth-order valence-electron chi connectivity index (χ4n) is 3.41. The lowest BCUT2D eigenvalue weighted by Gasteiger charge is -2.22. The molecule has 1 aromatic carbocycles. The van der Waals surface area contributed by atoms with Gasteiger partial charge in [-0.3, -0.25) is 4.79 Å². The van der Waals surface area contributed by atoms with Crippen LogP contribution in [-0.2, 0) is 11.3 Å². The Morgan fingerprint density at radius 3 is 2.57 bits per heavy atom. The number of hydrogen-bond acceptors (Lipinski definition) is 3. The number of urea groups is 1. The molecule has 3 amide bonds. The first-order chi connectivity index (χ1) is 13.7. The van der Waals surface area contributed by atoms with Crippen molar-refractivity contribution in [2.24, 2.45) is 0 Å². The van der Waals surface area contributed by atoms with Gasteiger partial charge in [0.2, 0.25) is 5.91 Å². The van der Waals surface area contributed by atoms with E-state index in [1.807, 2.05) is 36.5 Å². The van der Waals surface area contributed by atoms with Gasteiger partial charge in [0.15, 0.2) is 0 Å². The highest BCUT2D eigenvalue weighted by Gasteiger charge is 2.15. The molecular formula is C21H29N5O2. The number of benzene rings is 1. The minimum absolute atomic E-state index is 0.00867. The molecule has 0 atom stereocenters. The fourth-order valence-corrected chi connectivity index (χ4v) is 3.41. The van der Waals surface area contributed by atoms with Crippen LogP contribution in [0.25, 0.3) is 5.69 Å². The van der Waals surface area contributed by atoms with E-state index in [1.54, 1.807) is 10.9 Å². The Bertz CT molecular complexity index is 737. The number of aromatic nitrogens is 2. The van der Waals surface area contributed by atoms with Gasteiger partial charge >= 0.3 is 6.03 Å². The van der Waals surface area contributed by atoms with Crippen molar-refractivity contribution in [3.63, 3.8) is 0 Å². The molecule has 1 aromatic heterocycles. The minimum atomic E-state index is -0.121.